The van der Waals surface area contributed by atoms with Gasteiger partial charge in [-0.2, -0.15) is 10.2 Å². The van der Waals surface area contributed by atoms with E-state index in [1.165, 1.54) is 4.68 Å². The molecule has 0 atom stereocenters. The molecule has 0 bridgehead atoms. The number of nitrogens with zero attached hydrogens (tertiary/aromatic N) is 4. The fourth-order valence-electron chi connectivity index (χ4n) is 3.30. The first-order chi connectivity index (χ1) is 15.9. The standard InChI is InChI=1S/C24H22N6O3/c1-15(18-10-7-11-19(14-18)26-23(31)20-12-13-25-30(20)3)27-28-24(32)21-16(2)33-29-22(21)17-8-5-4-6-9-17/h4-14H,1-3H3,(H,26,31)(H,28,32)/b27-15+. The van der Waals surface area contributed by atoms with Crippen molar-refractivity contribution in [2.45, 2.75) is 13.8 Å². The highest BCUT2D eigenvalue weighted by atomic mass is 16.5. The molecule has 2 aromatic carbocycles. The summed E-state index contributed by atoms with van der Waals surface area (Å²) >= 11 is 0. The van der Waals surface area contributed by atoms with Crippen LogP contribution in [0.4, 0.5) is 5.69 Å². The lowest BCUT2D eigenvalue weighted by atomic mass is 10.1. The van der Waals surface area contributed by atoms with Crippen LogP contribution in [-0.2, 0) is 7.05 Å². The van der Waals surface area contributed by atoms with E-state index in [0.29, 0.717) is 34.1 Å². The zero-order valence-electron chi connectivity index (χ0n) is 18.4. The molecule has 0 aliphatic carbocycles. The Morgan fingerprint density at radius 1 is 1.03 bits per heavy atom. The number of hydrazone groups is 1. The molecule has 4 rings (SSSR count). The van der Waals surface area contributed by atoms with Gasteiger partial charge in [0.25, 0.3) is 11.8 Å². The summed E-state index contributed by atoms with van der Waals surface area (Å²) < 4.78 is 6.75. The summed E-state index contributed by atoms with van der Waals surface area (Å²) in [5.41, 5.74) is 6.48. The summed E-state index contributed by atoms with van der Waals surface area (Å²) in [5.74, 6) is -0.293. The highest BCUT2D eigenvalue weighted by Gasteiger charge is 2.21. The Balaban J connectivity index is 1.50. The number of aromatic nitrogens is 3. The second-order valence-corrected chi connectivity index (χ2v) is 7.34. The molecule has 0 spiro atoms. The van der Waals surface area contributed by atoms with E-state index in [0.717, 1.165) is 11.1 Å². The van der Waals surface area contributed by atoms with Crippen LogP contribution in [0.1, 0.15) is 39.1 Å². The number of anilines is 1. The SMILES string of the molecule is C/C(=N\NC(=O)c1c(-c2ccccc2)noc1C)c1cccc(NC(=O)c2ccnn2C)c1. The molecule has 0 aliphatic rings. The predicted molar refractivity (Wildman–Crippen MR) is 124 cm³/mol. The minimum Gasteiger partial charge on any atom is -0.360 e. The Hall–Kier alpha value is -4.53. The zero-order valence-corrected chi connectivity index (χ0v) is 18.4. The maximum Gasteiger partial charge on any atom is 0.277 e. The molecule has 166 valence electrons. The van der Waals surface area contributed by atoms with Crippen LogP contribution in [0.2, 0.25) is 0 Å². The maximum atomic E-state index is 12.8. The van der Waals surface area contributed by atoms with Crippen LogP contribution in [0.25, 0.3) is 11.3 Å². The van der Waals surface area contributed by atoms with Crippen LogP contribution in [0.15, 0.2) is 76.5 Å². The largest absolute Gasteiger partial charge is 0.360 e. The number of rotatable bonds is 6. The average molecular weight is 442 g/mol. The smallest absolute Gasteiger partial charge is 0.277 e. The van der Waals surface area contributed by atoms with E-state index in [9.17, 15) is 9.59 Å². The van der Waals surface area contributed by atoms with Gasteiger partial charge < -0.3 is 9.84 Å². The van der Waals surface area contributed by atoms with Crippen LogP contribution in [0.5, 0.6) is 0 Å². The minimum absolute atomic E-state index is 0.272. The molecule has 0 saturated carbocycles. The first-order valence-corrected chi connectivity index (χ1v) is 10.2. The second kappa shape index (κ2) is 9.31. The van der Waals surface area contributed by atoms with Gasteiger partial charge in [-0.1, -0.05) is 47.6 Å². The van der Waals surface area contributed by atoms with Gasteiger partial charge in [-0.05, 0) is 37.6 Å². The van der Waals surface area contributed by atoms with E-state index in [1.807, 2.05) is 36.4 Å². The molecule has 9 heteroatoms. The van der Waals surface area contributed by atoms with Crippen molar-refractivity contribution in [1.82, 2.24) is 20.4 Å². The fraction of sp³-hybridized carbons (Fsp3) is 0.125. The third-order valence-corrected chi connectivity index (χ3v) is 5.05. The highest BCUT2D eigenvalue weighted by molar-refractivity contribution is 6.05. The van der Waals surface area contributed by atoms with Gasteiger partial charge in [0.1, 0.15) is 22.7 Å². The summed E-state index contributed by atoms with van der Waals surface area (Å²) in [6, 6.07) is 18.1. The summed E-state index contributed by atoms with van der Waals surface area (Å²) in [6.07, 6.45) is 1.56. The molecule has 9 nitrogen and oxygen atoms in total. The lowest BCUT2D eigenvalue weighted by molar-refractivity contribution is 0.0952. The van der Waals surface area contributed by atoms with Gasteiger partial charge in [-0.15, -0.1) is 0 Å². The molecule has 4 aromatic rings. The number of amides is 2. The third-order valence-electron chi connectivity index (χ3n) is 5.05. The van der Waals surface area contributed by atoms with Crippen molar-refractivity contribution in [3.63, 3.8) is 0 Å². The van der Waals surface area contributed by atoms with E-state index >= 15 is 0 Å². The Bertz CT molecular complexity index is 1340. The maximum absolute atomic E-state index is 12.8. The van der Waals surface area contributed by atoms with Crippen molar-refractivity contribution >= 4 is 23.2 Å². The number of hydrogen-bond donors (Lipinski definition) is 2. The van der Waals surface area contributed by atoms with E-state index < -0.39 is 5.91 Å². The molecule has 33 heavy (non-hydrogen) atoms. The molecule has 0 saturated heterocycles. The van der Waals surface area contributed by atoms with Crippen LogP contribution in [0.3, 0.4) is 0 Å². The van der Waals surface area contributed by atoms with E-state index in [-0.39, 0.29) is 5.91 Å². The summed E-state index contributed by atoms with van der Waals surface area (Å²) in [7, 11) is 1.70. The Labute approximate surface area is 190 Å². The normalized spacial score (nSPS) is 11.3. The molecule has 2 N–H and O–H groups in total. The van der Waals surface area contributed by atoms with Crippen LogP contribution in [-0.4, -0.2) is 32.5 Å². The molecular formula is C24H22N6O3. The molecule has 2 amide bonds. The van der Waals surface area contributed by atoms with Gasteiger partial charge in [0.15, 0.2) is 0 Å². The van der Waals surface area contributed by atoms with Crippen LogP contribution < -0.4 is 10.7 Å². The van der Waals surface area contributed by atoms with E-state index in [1.54, 1.807) is 51.4 Å². The van der Waals surface area contributed by atoms with Crippen molar-refractivity contribution in [1.29, 1.82) is 0 Å². The van der Waals surface area contributed by atoms with Crippen molar-refractivity contribution in [2.75, 3.05) is 5.32 Å². The van der Waals surface area contributed by atoms with Crippen molar-refractivity contribution in [3.8, 4) is 11.3 Å². The first-order valence-electron chi connectivity index (χ1n) is 10.2. The van der Waals surface area contributed by atoms with Gasteiger partial charge in [0, 0.05) is 24.5 Å². The summed E-state index contributed by atoms with van der Waals surface area (Å²) in [4.78, 5) is 25.3. The topological polar surface area (TPSA) is 114 Å². The Morgan fingerprint density at radius 3 is 2.55 bits per heavy atom. The second-order valence-electron chi connectivity index (χ2n) is 7.34. The molecule has 2 heterocycles. The quantitative estimate of drug-likeness (QED) is 0.348. The van der Waals surface area contributed by atoms with Crippen molar-refractivity contribution < 1.29 is 14.1 Å². The lowest BCUT2D eigenvalue weighted by Crippen LogP contribution is -2.20. The fourth-order valence-corrected chi connectivity index (χ4v) is 3.30. The van der Waals surface area contributed by atoms with Crippen LogP contribution in [0, 0.1) is 6.92 Å². The van der Waals surface area contributed by atoms with Gasteiger partial charge in [0.2, 0.25) is 0 Å². The highest BCUT2D eigenvalue weighted by Crippen LogP contribution is 2.25. The minimum atomic E-state index is -0.424. The van der Waals surface area contributed by atoms with E-state index in [2.05, 4.69) is 26.1 Å². The van der Waals surface area contributed by atoms with E-state index in [4.69, 9.17) is 4.52 Å². The van der Waals surface area contributed by atoms with Gasteiger partial charge in [-0.25, -0.2) is 5.43 Å². The number of nitrogens with one attached hydrogen (secondary N) is 2. The zero-order chi connectivity index (χ0) is 23.4. The Morgan fingerprint density at radius 2 is 1.82 bits per heavy atom. The number of benzene rings is 2. The van der Waals surface area contributed by atoms with Gasteiger partial charge >= 0.3 is 0 Å². The Kier molecular flexibility index (Phi) is 6.12. The number of carbonyl (C=O) groups excluding carboxylic acids is 2. The number of hydrogen-bond acceptors (Lipinski definition) is 6. The number of aryl methyl sites for hydroxylation is 2. The first kappa shape index (κ1) is 21.7. The number of carbonyl (C=O) groups is 2. The van der Waals surface area contributed by atoms with Crippen molar-refractivity contribution in [3.05, 3.63) is 89.4 Å². The van der Waals surface area contributed by atoms with Gasteiger partial charge in [0.05, 0.1) is 5.71 Å². The molecule has 0 radical (unpaired) electrons. The molecule has 0 unspecified atom stereocenters. The lowest BCUT2D eigenvalue weighted by Gasteiger charge is -2.08. The predicted octanol–water partition coefficient (Wildman–Crippen LogP) is 3.79. The van der Waals surface area contributed by atoms with Crippen LogP contribution >= 0.6 is 0 Å². The monoisotopic (exact) mass is 442 g/mol. The molecule has 2 aromatic heterocycles. The summed E-state index contributed by atoms with van der Waals surface area (Å²) in [6.45, 7) is 3.44. The van der Waals surface area contributed by atoms with Gasteiger partial charge in [-0.3, -0.25) is 14.3 Å². The third kappa shape index (κ3) is 4.72. The molecule has 0 aliphatic heterocycles. The van der Waals surface area contributed by atoms with Crippen molar-refractivity contribution in [2.24, 2.45) is 12.1 Å². The molecule has 0 fully saturated rings. The molecular weight excluding hydrogens is 420 g/mol. The average Bonchev–Trinajstić information content (AvgIpc) is 3.43. The summed E-state index contributed by atoms with van der Waals surface area (Å²) in [5, 5.41) is 15.1.